The van der Waals surface area contributed by atoms with Gasteiger partial charge in [-0.25, -0.2) is 0 Å². The van der Waals surface area contributed by atoms with E-state index in [0.717, 1.165) is 0 Å². The Labute approximate surface area is 89.2 Å². The van der Waals surface area contributed by atoms with Gasteiger partial charge in [-0.05, 0) is 19.8 Å². The van der Waals surface area contributed by atoms with Crippen molar-refractivity contribution < 1.29 is 14.7 Å². The molecule has 5 heteroatoms. The molecular formula is C10H18N2O3. The fraction of sp³-hybridized carbons (Fsp3) is 0.800. The minimum Gasteiger partial charge on any atom is -0.481 e. The zero-order chi connectivity index (χ0) is 11.6. The maximum atomic E-state index is 11.2. The van der Waals surface area contributed by atoms with Gasteiger partial charge in [-0.1, -0.05) is 6.92 Å². The van der Waals surface area contributed by atoms with Crippen molar-refractivity contribution >= 4 is 11.9 Å². The highest BCUT2D eigenvalue weighted by Gasteiger charge is 2.39. The zero-order valence-electron chi connectivity index (χ0n) is 9.14. The van der Waals surface area contributed by atoms with Crippen molar-refractivity contribution in [2.45, 2.75) is 38.8 Å². The number of amides is 1. The van der Waals surface area contributed by atoms with Crippen LogP contribution >= 0.6 is 0 Å². The monoisotopic (exact) mass is 214 g/mol. The summed E-state index contributed by atoms with van der Waals surface area (Å²) in [6.07, 6.45) is 1.23. The third-order valence-electron chi connectivity index (χ3n) is 3.24. The van der Waals surface area contributed by atoms with Crippen molar-refractivity contribution in [2.75, 3.05) is 6.54 Å². The van der Waals surface area contributed by atoms with Crippen molar-refractivity contribution in [2.24, 2.45) is 11.7 Å². The fourth-order valence-electron chi connectivity index (χ4n) is 2.33. The molecule has 3 atom stereocenters. The van der Waals surface area contributed by atoms with E-state index in [2.05, 4.69) is 0 Å². The second-order valence-corrected chi connectivity index (χ2v) is 4.04. The molecule has 86 valence electrons. The lowest BCUT2D eigenvalue weighted by Crippen LogP contribution is -2.47. The third kappa shape index (κ3) is 2.28. The summed E-state index contributed by atoms with van der Waals surface area (Å²) in [6.45, 7) is 4.37. The van der Waals surface area contributed by atoms with Crippen LogP contribution in [-0.4, -0.2) is 40.5 Å². The smallest absolute Gasteiger partial charge is 0.308 e. The van der Waals surface area contributed by atoms with Crippen molar-refractivity contribution in [1.29, 1.82) is 0 Å². The van der Waals surface area contributed by atoms with Crippen LogP contribution in [0.4, 0.5) is 0 Å². The number of carbonyl (C=O) groups is 2. The van der Waals surface area contributed by atoms with Gasteiger partial charge in [0, 0.05) is 12.6 Å². The van der Waals surface area contributed by atoms with Gasteiger partial charge in [-0.15, -0.1) is 0 Å². The number of carboxylic acids is 1. The Hall–Kier alpha value is -1.10. The van der Waals surface area contributed by atoms with Crippen LogP contribution in [0.1, 0.15) is 26.7 Å². The molecule has 15 heavy (non-hydrogen) atoms. The summed E-state index contributed by atoms with van der Waals surface area (Å²) in [6, 6.07) is -0.440. The minimum atomic E-state index is -0.788. The van der Waals surface area contributed by atoms with Gasteiger partial charge in [0.2, 0.25) is 5.91 Å². The third-order valence-corrected chi connectivity index (χ3v) is 3.24. The first-order chi connectivity index (χ1) is 6.99. The van der Waals surface area contributed by atoms with Crippen molar-refractivity contribution in [3.8, 4) is 0 Å². The van der Waals surface area contributed by atoms with Gasteiger partial charge in [0.15, 0.2) is 0 Å². The van der Waals surface area contributed by atoms with E-state index >= 15 is 0 Å². The van der Waals surface area contributed by atoms with Gasteiger partial charge < -0.3 is 10.8 Å². The number of hydrogen-bond acceptors (Lipinski definition) is 3. The van der Waals surface area contributed by atoms with Crippen LogP contribution in [0.15, 0.2) is 0 Å². The average Bonchev–Trinajstić information content (AvgIpc) is 2.49. The molecular weight excluding hydrogens is 196 g/mol. The summed E-state index contributed by atoms with van der Waals surface area (Å²) >= 11 is 0. The number of primary amides is 1. The van der Waals surface area contributed by atoms with Gasteiger partial charge in [-0.2, -0.15) is 0 Å². The molecule has 1 aliphatic rings. The Morgan fingerprint density at radius 3 is 2.53 bits per heavy atom. The molecule has 3 unspecified atom stereocenters. The summed E-state index contributed by atoms with van der Waals surface area (Å²) in [5, 5.41) is 8.95. The quantitative estimate of drug-likeness (QED) is 0.692. The molecule has 0 spiro atoms. The van der Waals surface area contributed by atoms with E-state index in [-0.39, 0.29) is 23.9 Å². The molecule has 1 saturated heterocycles. The van der Waals surface area contributed by atoms with Crippen LogP contribution in [0, 0.1) is 5.92 Å². The molecule has 0 aromatic carbocycles. The first-order valence-corrected chi connectivity index (χ1v) is 5.26. The van der Waals surface area contributed by atoms with Crippen LogP contribution in [-0.2, 0) is 9.59 Å². The van der Waals surface area contributed by atoms with Gasteiger partial charge in [0.1, 0.15) is 0 Å². The van der Waals surface area contributed by atoms with E-state index in [1.807, 2.05) is 18.7 Å². The highest BCUT2D eigenvalue weighted by molar-refractivity contribution is 5.80. The molecule has 3 N–H and O–H groups in total. The van der Waals surface area contributed by atoms with E-state index in [1.54, 1.807) is 0 Å². The Morgan fingerprint density at radius 1 is 1.60 bits per heavy atom. The Kier molecular flexibility index (Phi) is 3.68. The minimum absolute atomic E-state index is 0.111. The SMILES string of the molecule is CCC(C(N)=O)N1CCC(C(=O)O)C1C. The summed E-state index contributed by atoms with van der Waals surface area (Å²) < 4.78 is 0. The Morgan fingerprint density at radius 2 is 2.20 bits per heavy atom. The zero-order valence-corrected chi connectivity index (χ0v) is 9.14. The Balaban J connectivity index is 2.73. The average molecular weight is 214 g/mol. The molecule has 0 saturated carbocycles. The first-order valence-electron chi connectivity index (χ1n) is 5.26. The molecule has 1 heterocycles. The molecule has 1 rings (SSSR count). The number of likely N-dealkylation sites (tertiary alicyclic amines) is 1. The van der Waals surface area contributed by atoms with Gasteiger partial charge in [-0.3, -0.25) is 14.5 Å². The van der Waals surface area contributed by atoms with Crippen molar-refractivity contribution in [1.82, 2.24) is 4.90 Å². The summed E-state index contributed by atoms with van der Waals surface area (Å²) in [5.41, 5.74) is 5.28. The van der Waals surface area contributed by atoms with Crippen molar-refractivity contribution in [3.63, 3.8) is 0 Å². The maximum absolute atomic E-state index is 11.2. The van der Waals surface area contributed by atoms with Gasteiger partial charge in [0.05, 0.1) is 12.0 Å². The lowest BCUT2D eigenvalue weighted by molar-refractivity contribution is -0.143. The van der Waals surface area contributed by atoms with Crippen LogP contribution in [0.25, 0.3) is 0 Å². The number of aliphatic carboxylic acids is 1. The second-order valence-electron chi connectivity index (χ2n) is 4.04. The molecule has 1 amide bonds. The van der Waals surface area contributed by atoms with Crippen LogP contribution in [0.3, 0.4) is 0 Å². The molecule has 1 fully saturated rings. The molecule has 0 aromatic rings. The fourth-order valence-corrected chi connectivity index (χ4v) is 2.33. The maximum Gasteiger partial charge on any atom is 0.308 e. The number of nitrogens with two attached hydrogens (primary N) is 1. The molecule has 0 aliphatic carbocycles. The largest absolute Gasteiger partial charge is 0.481 e. The van der Waals surface area contributed by atoms with Gasteiger partial charge >= 0.3 is 5.97 Å². The lowest BCUT2D eigenvalue weighted by Gasteiger charge is -2.29. The number of nitrogens with zero attached hydrogens (tertiary/aromatic N) is 1. The van der Waals surface area contributed by atoms with Gasteiger partial charge in [0.25, 0.3) is 0 Å². The predicted octanol–water partition coefficient (Wildman–Crippen LogP) is 0.0453. The summed E-state index contributed by atoms with van der Waals surface area (Å²) in [7, 11) is 0. The Bertz CT molecular complexity index is 267. The topological polar surface area (TPSA) is 83.6 Å². The van der Waals surface area contributed by atoms with Crippen LogP contribution < -0.4 is 5.73 Å². The second kappa shape index (κ2) is 4.61. The first kappa shape index (κ1) is 12.0. The number of carbonyl (C=O) groups excluding carboxylic acids is 1. The van der Waals surface area contributed by atoms with Crippen molar-refractivity contribution in [3.05, 3.63) is 0 Å². The number of carboxylic acid groups (broad SMARTS) is 1. The van der Waals surface area contributed by atoms with Crippen LogP contribution in [0.5, 0.6) is 0 Å². The standard InChI is InChI=1S/C10H18N2O3/c1-3-8(9(11)13)12-5-4-7(6(12)2)10(14)15/h6-8H,3-5H2,1-2H3,(H2,11,13)(H,14,15). The number of hydrogen-bond donors (Lipinski definition) is 2. The molecule has 0 radical (unpaired) electrons. The summed E-state index contributed by atoms with van der Waals surface area (Å²) in [5.74, 6) is -1.53. The number of rotatable bonds is 4. The highest BCUT2D eigenvalue weighted by Crippen LogP contribution is 2.27. The normalized spacial score (nSPS) is 28.9. The van der Waals surface area contributed by atoms with E-state index in [4.69, 9.17) is 10.8 Å². The van der Waals surface area contributed by atoms with Crippen LogP contribution in [0.2, 0.25) is 0 Å². The van der Waals surface area contributed by atoms with E-state index < -0.39 is 5.97 Å². The van der Waals surface area contributed by atoms with E-state index in [0.29, 0.717) is 19.4 Å². The molecule has 0 bridgehead atoms. The van der Waals surface area contributed by atoms with E-state index in [1.165, 1.54) is 0 Å². The lowest BCUT2D eigenvalue weighted by atomic mass is 10.0. The molecule has 0 aromatic heterocycles. The highest BCUT2D eigenvalue weighted by atomic mass is 16.4. The van der Waals surface area contributed by atoms with E-state index in [9.17, 15) is 9.59 Å². The predicted molar refractivity (Wildman–Crippen MR) is 55.2 cm³/mol. The summed E-state index contributed by atoms with van der Waals surface area (Å²) in [4.78, 5) is 24.0. The molecule has 1 aliphatic heterocycles. The molecule has 5 nitrogen and oxygen atoms in total.